The first-order chi connectivity index (χ1) is 21.0. The number of carbonyl (C=O) groups excluding carboxylic acids is 1. The number of ether oxygens (including phenoxy) is 3. The van der Waals surface area contributed by atoms with Crippen LogP contribution in [0.3, 0.4) is 0 Å². The summed E-state index contributed by atoms with van der Waals surface area (Å²) in [5.41, 5.74) is 1.94. The zero-order valence-electron chi connectivity index (χ0n) is 24.4. The van der Waals surface area contributed by atoms with Crippen LogP contribution in [0.4, 0.5) is 4.39 Å². The van der Waals surface area contributed by atoms with Crippen molar-refractivity contribution < 1.29 is 36.9 Å². The van der Waals surface area contributed by atoms with E-state index in [-0.39, 0.29) is 29.5 Å². The number of aliphatic hydroxyl groups is 1. The molecule has 0 aliphatic carbocycles. The van der Waals surface area contributed by atoms with Gasteiger partial charge in [0.15, 0.2) is 0 Å². The largest absolute Gasteiger partial charge is 0.491 e. The summed E-state index contributed by atoms with van der Waals surface area (Å²) in [7, 11) is -2.56. The van der Waals surface area contributed by atoms with Crippen LogP contribution in [0.5, 0.6) is 11.5 Å². The zero-order chi connectivity index (χ0) is 31.9. The fourth-order valence-corrected chi connectivity index (χ4v) is 5.95. The number of aliphatic hydroxyl groups excluding tert-OH is 1. The molecule has 4 N–H and O–H groups in total. The Labute approximate surface area is 258 Å². The smallest absolute Gasteiger partial charge is 0.323 e. The second-order valence-corrected chi connectivity index (χ2v) is 13.2. The Kier molecular flexibility index (Phi) is 11.2. The molecule has 1 unspecified atom stereocenters. The van der Waals surface area contributed by atoms with Gasteiger partial charge in [0.05, 0.1) is 29.6 Å². The first-order valence-corrected chi connectivity index (χ1v) is 16.1. The quantitative estimate of drug-likeness (QED) is 0.152. The van der Waals surface area contributed by atoms with E-state index >= 15 is 0 Å². The summed E-state index contributed by atoms with van der Waals surface area (Å²) >= 11 is 0.966. The molecule has 0 radical (unpaired) electrons. The van der Waals surface area contributed by atoms with Crippen molar-refractivity contribution in [3.8, 4) is 11.5 Å². The van der Waals surface area contributed by atoms with Gasteiger partial charge in [-0.15, -0.1) is 16.4 Å². The molecule has 0 aliphatic heterocycles. The van der Waals surface area contributed by atoms with E-state index in [4.69, 9.17) is 19.3 Å². The molecule has 0 spiro atoms. The lowest BCUT2D eigenvalue weighted by atomic mass is 10.0. The fraction of sp³-hybridized carbons (Fsp3) is 0.429. The highest BCUT2D eigenvalue weighted by Gasteiger charge is 2.24. The van der Waals surface area contributed by atoms with E-state index in [0.29, 0.717) is 40.4 Å². The Balaban J connectivity index is 1.36. The lowest BCUT2D eigenvalue weighted by Gasteiger charge is -2.24. The number of primary sulfonamides is 1. The molecule has 4 aromatic rings. The van der Waals surface area contributed by atoms with Gasteiger partial charge in [0.1, 0.15) is 49.2 Å². The number of nitrogens with one attached hydrogen (secondary N) is 1. The molecule has 0 saturated carbocycles. The predicted octanol–water partition coefficient (Wildman–Crippen LogP) is 2.39. The van der Waals surface area contributed by atoms with E-state index in [9.17, 15) is 22.7 Å². The number of thiazole rings is 1. The molecule has 0 aliphatic rings. The number of carbonyl (C=O) groups is 1. The van der Waals surface area contributed by atoms with Gasteiger partial charge in [-0.3, -0.25) is 4.79 Å². The minimum Gasteiger partial charge on any atom is -0.491 e. The standard InChI is InChI=1S/C28H35FN6O7S2/c1-17(2)25(13-31-24(27(37)40-3)10-18-4-6-21(7-5-18)42-16-20(36)12-29)35-14-19(33-34-35)15-41-22-8-9-23-26(11-22)43-28(32-23)44(30,38)39/h4-9,11,14,17,20,24-25,31,36H,10,12-13,15-16H2,1-3H3,(H2,30,38,39)/t20?,24-,25+/m0/s1. The van der Waals surface area contributed by atoms with E-state index in [1.165, 1.54) is 7.11 Å². The lowest BCUT2D eigenvalue weighted by Crippen LogP contribution is -2.43. The first-order valence-electron chi connectivity index (χ1n) is 13.7. The number of hydrogen-bond acceptors (Lipinski definition) is 12. The molecule has 16 heteroatoms. The van der Waals surface area contributed by atoms with Gasteiger partial charge in [0, 0.05) is 6.54 Å². The van der Waals surface area contributed by atoms with Gasteiger partial charge in [-0.2, -0.15) is 0 Å². The maximum absolute atomic E-state index is 12.6. The monoisotopic (exact) mass is 650 g/mol. The molecule has 0 bridgehead atoms. The summed E-state index contributed by atoms with van der Waals surface area (Å²) in [6.07, 6.45) is 0.951. The average Bonchev–Trinajstić information content (AvgIpc) is 3.65. The third-order valence-electron chi connectivity index (χ3n) is 6.68. The number of sulfonamides is 1. The van der Waals surface area contributed by atoms with Crippen molar-refractivity contribution in [1.82, 2.24) is 25.3 Å². The first kappa shape index (κ1) is 33.2. The number of rotatable bonds is 16. The number of nitrogens with two attached hydrogens (primary N) is 1. The van der Waals surface area contributed by atoms with Crippen molar-refractivity contribution >= 4 is 37.5 Å². The Bertz CT molecular complexity index is 1650. The van der Waals surface area contributed by atoms with Crippen molar-refractivity contribution in [1.29, 1.82) is 0 Å². The summed E-state index contributed by atoms with van der Waals surface area (Å²) in [6, 6.07) is 11.2. The van der Waals surface area contributed by atoms with Crippen molar-refractivity contribution in [2.24, 2.45) is 11.1 Å². The van der Waals surface area contributed by atoms with E-state index in [0.717, 1.165) is 16.9 Å². The fourth-order valence-electron chi connectivity index (χ4n) is 4.27. The van der Waals surface area contributed by atoms with Crippen LogP contribution in [0, 0.1) is 5.92 Å². The van der Waals surface area contributed by atoms with Crippen LogP contribution >= 0.6 is 11.3 Å². The molecule has 44 heavy (non-hydrogen) atoms. The Morgan fingerprint density at radius 2 is 1.89 bits per heavy atom. The molecule has 0 fully saturated rings. The van der Waals surface area contributed by atoms with Crippen LogP contribution < -0.4 is 19.9 Å². The Hall–Kier alpha value is -3.70. The second kappa shape index (κ2) is 14.9. The van der Waals surface area contributed by atoms with Crippen LogP contribution in [0.2, 0.25) is 0 Å². The normalized spacial score (nSPS) is 14.0. The van der Waals surface area contributed by atoms with E-state index in [1.54, 1.807) is 53.3 Å². The van der Waals surface area contributed by atoms with Gasteiger partial charge >= 0.3 is 5.97 Å². The summed E-state index contributed by atoms with van der Waals surface area (Å²) in [5, 5.41) is 26.3. The van der Waals surface area contributed by atoms with Crippen LogP contribution in [0.15, 0.2) is 53.0 Å². The number of nitrogens with zero attached hydrogens (tertiary/aromatic N) is 4. The third-order valence-corrected chi connectivity index (χ3v) is 9.02. The summed E-state index contributed by atoms with van der Waals surface area (Å²) in [5.74, 6) is 0.710. The van der Waals surface area contributed by atoms with Crippen molar-refractivity contribution in [3.63, 3.8) is 0 Å². The molecule has 238 valence electrons. The molecular formula is C28H35FN6O7S2. The maximum atomic E-state index is 12.6. The SMILES string of the molecule is COC(=O)[C@H](Cc1ccc(OCC(O)CF)cc1)NC[C@H](C(C)C)n1cc(COc2ccc3nc(S(N)(=O)=O)sc3c2)nn1. The number of hydrogen-bond donors (Lipinski definition) is 3. The number of methoxy groups -OCH3 is 1. The molecule has 2 aromatic carbocycles. The van der Waals surface area contributed by atoms with Gasteiger partial charge in [-0.1, -0.05) is 31.2 Å². The second-order valence-electron chi connectivity index (χ2n) is 10.4. The summed E-state index contributed by atoms with van der Waals surface area (Å²) < 4.78 is 54.1. The summed E-state index contributed by atoms with van der Waals surface area (Å²) in [6.45, 7) is 3.57. The molecular weight excluding hydrogens is 615 g/mol. The molecule has 2 aromatic heterocycles. The minimum atomic E-state index is -3.89. The van der Waals surface area contributed by atoms with Crippen LogP contribution in [-0.4, -0.2) is 78.6 Å². The van der Waals surface area contributed by atoms with Gasteiger partial charge in [0.2, 0.25) is 4.34 Å². The number of aromatic nitrogens is 4. The van der Waals surface area contributed by atoms with E-state index in [1.807, 2.05) is 13.8 Å². The predicted molar refractivity (Wildman–Crippen MR) is 161 cm³/mol. The number of fused-ring (bicyclic) bond motifs is 1. The van der Waals surface area contributed by atoms with Crippen LogP contribution in [0.1, 0.15) is 31.1 Å². The van der Waals surface area contributed by atoms with Gasteiger partial charge in [-0.25, -0.2) is 27.6 Å². The highest BCUT2D eigenvalue weighted by molar-refractivity contribution is 7.91. The molecule has 13 nitrogen and oxygen atoms in total. The van der Waals surface area contributed by atoms with Crippen molar-refractivity contribution in [2.45, 2.75) is 49.4 Å². The van der Waals surface area contributed by atoms with Gasteiger partial charge in [-0.05, 0) is 48.2 Å². The van der Waals surface area contributed by atoms with Crippen molar-refractivity contribution in [3.05, 3.63) is 59.9 Å². The van der Waals surface area contributed by atoms with Crippen LogP contribution in [-0.2, 0) is 32.6 Å². The van der Waals surface area contributed by atoms with E-state index < -0.39 is 34.8 Å². The minimum absolute atomic E-state index is 0.127. The topological polar surface area (TPSA) is 181 Å². The molecule has 0 saturated heterocycles. The number of alkyl halides is 1. The van der Waals surface area contributed by atoms with E-state index in [2.05, 4.69) is 20.6 Å². The molecule has 3 atom stereocenters. The number of benzene rings is 2. The molecule has 2 heterocycles. The molecule has 4 rings (SSSR count). The Morgan fingerprint density at radius 3 is 2.55 bits per heavy atom. The average molecular weight is 651 g/mol. The number of halogens is 1. The Morgan fingerprint density at radius 1 is 1.16 bits per heavy atom. The zero-order valence-corrected chi connectivity index (χ0v) is 26.1. The third kappa shape index (κ3) is 8.92. The summed E-state index contributed by atoms with van der Waals surface area (Å²) in [4.78, 5) is 16.6. The maximum Gasteiger partial charge on any atom is 0.323 e. The van der Waals surface area contributed by atoms with Gasteiger partial charge < -0.3 is 24.6 Å². The lowest BCUT2D eigenvalue weighted by molar-refractivity contribution is -0.143. The van der Waals surface area contributed by atoms with Crippen LogP contribution in [0.25, 0.3) is 10.2 Å². The van der Waals surface area contributed by atoms with Crippen molar-refractivity contribution in [2.75, 3.05) is 26.9 Å². The molecule has 0 amide bonds. The number of esters is 1. The highest BCUT2D eigenvalue weighted by atomic mass is 32.2. The van der Waals surface area contributed by atoms with Gasteiger partial charge in [0.25, 0.3) is 10.0 Å². The highest BCUT2D eigenvalue weighted by Crippen LogP contribution is 2.28.